The van der Waals surface area contributed by atoms with Crippen molar-refractivity contribution >= 4 is 28.8 Å². The van der Waals surface area contributed by atoms with Crippen molar-refractivity contribution in [2.24, 2.45) is 4.99 Å². The number of carbonyl (C=O) groups is 1. The Morgan fingerprint density at radius 2 is 2.06 bits per heavy atom. The molecule has 3 aliphatic heterocycles. The predicted octanol–water partition coefficient (Wildman–Crippen LogP) is 3.84. The van der Waals surface area contributed by atoms with Crippen LogP contribution in [0.25, 0.3) is 0 Å². The summed E-state index contributed by atoms with van der Waals surface area (Å²) >= 11 is 0. The van der Waals surface area contributed by atoms with Gasteiger partial charge in [0.2, 0.25) is 0 Å². The van der Waals surface area contributed by atoms with Gasteiger partial charge in [0.25, 0.3) is 5.91 Å². The number of aliphatic imine (C=N–C) groups is 1. The van der Waals surface area contributed by atoms with E-state index in [0.29, 0.717) is 12.2 Å². The summed E-state index contributed by atoms with van der Waals surface area (Å²) in [6.45, 7) is 1.52. The number of amides is 1. The van der Waals surface area contributed by atoms with Crippen molar-refractivity contribution in [2.45, 2.75) is 32.0 Å². The predicted molar refractivity (Wildman–Crippen MR) is 123 cm³/mol. The molecule has 4 heterocycles. The lowest BCUT2D eigenvalue weighted by molar-refractivity contribution is -0.186. The van der Waals surface area contributed by atoms with Crippen molar-refractivity contribution in [3.05, 3.63) is 77.2 Å². The van der Waals surface area contributed by atoms with Crippen LogP contribution in [0.5, 0.6) is 0 Å². The molecule has 2 aromatic carbocycles. The molecule has 1 unspecified atom stereocenters. The van der Waals surface area contributed by atoms with E-state index in [4.69, 9.17) is 14.6 Å². The molecule has 166 valence electrons. The van der Waals surface area contributed by atoms with E-state index in [0.717, 1.165) is 66.3 Å². The summed E-state index contributed by atoms with van der Waals surface area (Å²) < 4.78 is 5.49. The molecule has 1 N–H and O–H groups in total. The van der Waals surface area contributed by atoms with Crippen LogP contribution >= 0.6 is 0 Å². The van der Waals surface area contributed by atoms with Gasteiger partial charge in [-0.25, -0.2) is 25.3 Å². The number of nitrogens with zero attached hydrogens (tertiary/aromatic N) is 4. The van der Waals surface area contributed by atoms with Gasteiger partial charge in [0, 0.05) is 36.3 Å². The summed E-state index contributed by atoms with van der Waals surface area (Å²) in [7, 11) is 0. The van der Waals surface area contributed by atoms with Crippen LogP contribution in [-0.4, -0.2) is 41.0 Å². The lowest BCUT2D eigenvalue weighted by Gasteiger charge is -2.22. The Morgan fingerprint density at radius 1 is 1.15 bits per heavy atom. The monoisotopic (exact) mass is 441 g/mol. The number of anilines is 2. The summed E-state index contributed by atoms with van der Waals surface area (Å²) in [5.74, 6) is 0.522. The fourth-order valence-electron chi connectivity index (χ4n) is 4.62. The first-order valence-corrected chi connectivity index (χ1v) is 11.2. The molecule has 0 bridgehead atoms. The van der Waals surface area contributed by atoms with Gasteiger partial charge < -0.3 is 9.64 Å². The molecule has 1 saturated heterocycles. The Balaban J connectivity index is 1.31. The first-order chi connectivity index (χ1) is 16.3. The number of rotatable bonds is 4. The summed E-state index contributed by atoms with van der Waals surface area (Å²) in [4.78, 5) is 33.9. The quantitative estimate of drug-likeness (QED) is 0.619. The summed E-state index contributed by atoms with van der Waals surface area (Å²) in [6.07, 6.45) is 6.73. The highest BCUT2D eigenvalue weighted by molar-refractivity contribution is 6.19. The summed E-state index contributed by atoms with van der Waals surface area (Å²) in [5.41, 5.74) is 8.99. The van der Waals surface area contributed by atoms with Crippen molar-refractivity contribution < 1.29 is 14.4 Å². The van der Waals surface area contributed by atoms with Crippen LogP contribution in [0.4, 0.5) is 17.2 Å². The topological polar surface area (TPSA) is 88.9 Å². The lowest BCUT2D eigenvalue weighted by atomic mass is 9.97. The third kappa shape index (κ3) is 3.67. The van der Waals surface area contributed by atoms with E-state index < -0.39 is 0 Å². The van der Waals surface area contributed by atoms with E-state index in [2.05, 4.69) is 38.5 Å². The minimum absolute atomic E-state index is 0.302. The van der Waals surface area contributed by atoms with E-state index in [1.165, 1.54) is 5.56 Å². The smallest absolute Gasteiger partial charge is 0.274 e. The minimum atomic E-state index is -0.382. The van der Waals surface area contributed by atoms with Crippen molar-refractivity contribution in [3.63, 3.8) is 0 Å². The van der Waals surface area contributed by atoms with Gasteiger partial charge in [-0.2, -0.15) is 0 Å². The average molecular weight is 441 g/mol. The summed E-state index contributed by atoms with van der Waals surface area (Å²) in [6, 6.07) is 13.7. The molecule has 0 radical (unpaired) electrons. The van der Waals surface area contributed by atoms with E-state index in [1.54, 1.807) is 24.7 Å². The van der Waals surface area contributed by atoms with E-state index in [1.807, 2.05) is 12.1 Å². The van der Waals surface area contributed by atoms with Crippen molar-refractivity contribution in [3.8, 4) is 0 Å². The molecule has 1 fully saturated rings. The molecule has 3 aliphatic rings. The third-order valence-corrected chi connectivity index (χ3v) is 6.25. The zero-order chi connectivity index (χ0) is 22.2. The molecule has 0 saturated carbocycles. The lowest BCUT2D eigenvalue weighted by Crippen LogP contribution is -2.33. The number of hydrogen-bond donors (Lipinski definition) is 1. The fourth-order valence-corrected chi connectivity index (χ4v) is 4.62. The molecule has 6 rings (SSSR count). The van der Waals surface area contributed by atoms with Crippen LogP contribution in [-0.2, 0) is 16.0 Å². The zero-order valence-corrected chi connectivity index (χ0v) is 18.0. The molecular weight excluding hydrogens is 418 g/mol. The van der Waals surface area contributed by atoms with Crippen LogP contribution in [0.15, 0.2) is 60.0 Å². The number of carbonyl (C=O) groups excluding carboxylic acids is 1. The maximum atomic E-state index is 12.5. The largest absolute Gasteiger partial charge is 0.350 e. The second-order valence-electron chi connectivity index (χ2n) is 8.33. The van der Waals surface area contributed by atoms with Gasteiger partial charge in [-0.1, -0.05) is 30.3 Å². The number of benzene rings is 2. The Bertz CT molecular complexity index is 1240. The standard InChI is InChI=1S/C25H23N5O3/c31-25(29-33-21-6-1-2-13-32-21)18-9-7-16(8-10-18)22-19-5-3-4-17-11-12-30(23(17)19)24-20(28-22)14-26-15-27-24/h3-5,7-10,14-15,21H,1-2,6,11-13H2,(H,29,31). The van der Waals surface area contributed by atoms with Gasteiger partial charge in [-0.05, 0) is 37.0 Å². The molecule has 0 spiro atoms. The van der Waals surface area contributed by atoms with Crippen molar-refractivity contribution in [1.29, 1.82) is 0 Å². The van der Waals surface area contributed by atoms with Gasteiger partial charge in [0.05, 0.1) is 17.6 Å². The first kappa shape index (κ1) is 20.0. The van der Waals surface area contributed by atoms with Gasteiger partial charge in [-0.15, -0.1) is 0 Å². The number of hydrogen-bond acceptors (Lipinski definition) is 7. The highest BCUT2D eigenvalue weighted by atomic mass is 16.8. The van der Waals surface area contributed by atoms with Crippen LogP contribution in [0, 0.1) is 0 Å². The van der Waals surface area contributed by atoms with E-state index in [9.17, 15) is 4.79 Å². The highest BCUT2D eigenvalue weighted by Gasteiger charge is 2.31. The fraction of sp³-hybridized carbons (Fsp3) is 0.280. The van der Waals surface area contributed by atoms with Gasteiger partial charge in [0.15, 0.2) is 12.1 Å². The zero-order valence-electron chi connectivity index (χ0n) is 18.0. The Kier molecular flexibility index (Phi) is 5.09. The summed E-state index contributed by atoms with van der Waals surface area (Å²) in [5, 5.41) is 0. The van der Waals surface area contributed by atoms with Gasteiger partial charge >= 0.3 is 0 Å². The normalized spacial score (nSPS) is 18.7. The molecule has 0 aliphatic carbocycles. The van der Waals surface area contributed by atoms with Crippen LogP contribution < -0.4 is 10.4 Å². The molecule has 1 amide bonds. The minimum Gasteiger partial charge on any atom is -0.350 e. The van der Waals surface area contributed by atoms with Crippen molar-refractivity contribution in [2.75, 3.05) is 18.1 Å². The Labute approximate surface area is 191 Å². The SMILES string of the molecule is O=C(NOC1CCCCO1)c1ccc(C2=Nc3cncnc3N3CCc4cccc2c43)cc1. The Hall–Kier alpha value is -3.62. The number of ether oxygens (including phenoxy) is 1. The van der Waals surface area contributed by atoms with Gasteiger partial charge in [-0.3, -0.25) is 4.79 Å². The molecule has 8 heteroatoms. The van der Waals surface area contributed by atoms with Gasteiger partial charge in [0.1, 0.15) is 12.0 Å². The second-order valence-corrected chi connectivity index (χ2v) is 8.33. The number of aromatic nitrogens is 2. The molecule has 3 aromatic rings. The van der Waals surface area contributed by atoms with Crippen LogP contribution in [0.2, 0.25) is 0 Å². The molecule has 33 heavy (non-hydrogen) atoms. The highest BCUT2D eigenvalue weighted by Crippen LogP contribution is 2.43. The average Bonchev–Trinajstić information content (AvgIpc) is 3.25. The number of nitrogens with one attached hydrogen (secondary N) is 1. The molecule has 1 aromatic heterocycles. The number of fused-ring (bicyclic) bond motifs is 2. The maximum Gasteiger partial charge on any atom is 0.274 e. The van der Waals surface area contributed by atoms with Crippen molar-refractivity contribution in [1.82, 2.24) is 15.4 Å². The molecule has 1 atom stereocenters. The van der Waals surface area contributed by atoms with Crippen LogP contribution in [0.1, 0.15) is 46.3 Å². The third-order valence-electron chi connectivity index (χ3n) is 6.25. The molecular formula is C25H23N5O3. The van der Waals surface area contributed by atoms with E-state index >= 15 is 0 Å². The van der Waals surface area contributed by atoms with E-state index in [-0.39, 0.29) is 12.2 Å². The maximum absolute atomic E-state index is 12.5. The Morgan fingerprint density at radius 3 is 2.91 bits per heavy atom. The first-order valence-electron chi connectivity index (χ1n) is 11.2. The molecule has 8 nitrogen and oxygen atoms in total. The number of para-hydroxylation sites is 1. The van der Waals surface area contributed by atoms with Crippen LogP contribution in [0.3, 0.4) is 0 Å². The second kappa shape index (κ2) is 8.38. The number of hydroxylamine groups is 1.